The molecule has 160 valence electrons. The Bertz CT molecular complexity index is 758. The quantitative estimate of drug-likeness (QED) is 0.606. The molecule has 0 aromatic carbocycles. The third-order valence-electron chi connectivity index (χ3n) is 6.13. The van der Waals surface area contributed by atoms with Crippen molar-refractivity contribution in [1.29, 1.82) is 0 Å². The zero-order valence-electron chi connectivity index (χ0n) is 15.7. The van der Waals surface area contributed by atoms with Crippen LogP contribution in [0.5, 0.6) is 0 Å². The average Bonchev–Trinajstić information content (AvgIpc) is 3.20. The molecule has 1 aliphatic heterocycles. The fourth-order valence-electron chi connectivity index (χ4n) is 4.85. The van der Waals surface area contributed by atoms with E-state index in [1.165, 1.54) is 24.3 Å². The van der Waals surface area contributed by atoms with E-state index in [4.69, 9.17) is 11.6 Å². The van der Waals surface area contributed by atoms with Gasteiger partial charge in [-0.15, -0.1) is 23.5 Å². The van der Waals surface area contributed by atoms with Crippen molar-refractivity contribution >= 4 is 46.8 Å². The molecule has 4 nitrogen and oxygen atoms in total. The van der Waals surface area contributed by atoms with Gasteiger partial charge in [0.25, 0.3) is 0 Å². The van der Waals surface area contributed by atoms with Crippen molar-refractivity contribution in [3.8, 4) is 0 Å². The molecule has 2 heterocycles. The highest BCUT2D eigenvalue weighted by molar-refractivity contribution is 8.21. The summed E-state index contributed by atoms with van der Waals surface area (Å²) < 4.78 is 38.3. The van der Waals surface area contributed by atoms with Crippen LogP contribution in [0.1, 0.15) is 31.2 Å². The molecule has 2 atom stereocenters. The maximum Gasteiger partial charge on any atom is 0.417 e. The molecule has 0 radical (unpaired) electrons. The van der Waals surface area contributed by atoms with Crippen LogP contribution in [0.25, 0.3) is 0 Å². The predicted molar refractivity (Wildman–Crippen MR) is 112 cm³/mol. The molecule has 1 saturated heterocycles. The number of hydrogen-bond acceptors (Lipinski definition) is 5. The molecular weight excluding hydrogens is 443 g/mol. The maximum absolute atomic E-state index is 12.7. The van der Waals surface area contributed by atoms with Crippen molar-refractivity contribution in [2.75, 3.05) is 29.9 Å². The van der Waals surface area contributed by atoms with Crippen LogP contribution in [0, 0.1) is 17.8 Å². The van der Waals surface area contributed by atoms with E-state index in [0.717, 1.165) is 25.1 Å². The first-order chi connectivity index (χ1) is 13.8. The topological polar surface area (TPSA) is 54.0 Å². The maximum atomic E-state index is 12.7. The molecule has 2 aliphatic carbocycles. The van der Waals surface area contributed by atoms with E-state index in [0.29, 0.717) is 29.0 Å². The average molecular weight is 466 g/mol. The van der Waals surface area contributed by atoms with Crippen molar-refractivity contribution in [3.63, 3.8) is 0 Å². The molecule has 1 aromatic heterocycles. The lowest BCUT2D eigenvalue weighted by atomic mass is 9.79. The van der Waals surface area contributed by atoms with E-state index in [-0.39, 0.29) is 22.7 Å². The fourth-order valence-corrected chi connectivity index (χ4v) is 9.02. The summed E-state index contributed by atoms with van der Waals surface area (Å²) in [6.07, 6.45) is 0.655. The van der Waals surface area contributed by atoms with E-state index < -0.39 is 11.7 Å². The lowest BCUT2D eigenvalue weighted by Crippen LogP contribution is -2.43. The monoisotopic (exact) mass is 465 g/mol. The highest BCUT2D eigenvalue weighted by atomic mass is 35.5. The Morgan fingerprint density at radius 1 is 1.21 bits per heavy atom. The van der Waals surface area contributed by atoms with Crippen LogP contribution < -0.4 is 10.6 Å². The van der Waals surface area contributed by atoms with Gasteiger partial charge in [0.2, 0.25) is 5.91 Å². The van der Waals surface area contributed by atoms with Crippen LogP contribution in [-0.2, 0) is 11.0 Å². The number of thioether (sulfide) groups is 2. The number of amides is 1. The molecule has 29 heavy (non-hydrogen) atoms. The zero-order valence-corrected chi connectivity index (χ0v) is 18.1. The van der Waals surface area contributed by atoms with Gasteiger partial charge < -0.3 is 10.6 Å². The van der Waals surface area contributed by atoms with Gasteiger partial charge in [-0.1, -0.05) is 11.6 Å². The first-order valence-corrected chi connectivity index (χ1v) is 12.2. The number of nitrogens with zero attached hydrogens (tertiary/aromatic N) is 1. The van der Waals surface area contributed by atoms with Crippen LogP contribution in [0.3, 0.4) is 0 Å². The molecule has 1 aromatic rings. The van der Waals surface area contributed by atoms with Gasteiger partial charge in [0.15, 0.2) is 0 Å². The number of carbonyl (C=O) groups excluding carboxylic acids is 1. The second-order valence-corrected chi connectivity index (χ2v) is 11.2. The first-order valence-electron chi connectivity index (χ1n) is 9.82. The van der Waals surface area contributed by atoms with Gasteiger partial charge in [0.1, 0.15) is 5.82 Å². The number of aromatic nitrogens is 1. The summed E-state index contributed by atoms with van der Waals surface area (Å²) in [5, 5.41) is 5.76. The lowest BCUT2D eigenvalue weighted by molar-refractivity contribution is -0.137. The summed E-state index contributed by atoms with van der Waals surface area (Å²) in [6, 6.07) is 0.849. The fraction of sp³-hybridized carbons (Fsp3) is 0.684. The SMILES string of the molecule is O=C(NCCNc1ncc(C(F)(F)F)cc1Cl)C1CC2CCC(C1)C21SCCS1. The van der Waals surface area contributed by atoms with E-state index in [9.17, 15) is 18.0 Å². The van der Waals surface area contributed by atoms with Crippen LogP contribution in [0.15, 0.2) is 12.3 Å². The standard InChI is InChI=1S/C19H23ClF3N3OS2/c20-15-9-14(19(21,22)23)10-26-16(15)24-3-4-25-17(27)11-7-12-1-2-13(8-11)18(12)28-5-6-29-18/h9-13H,1-8H2,(H,24,26)(H,25,27). The van der Waals surface area contributed by atoms with Gasteiger partial charge in [-0.2, -0.15) is 13.2 Å². The molecule has 2 bridgehead atoms. The Kier molecular flexibility index (Phi) is 6.19. The molecule has 4 rings (SSSR count). The lowest BCUT2D eigenvalue weighted by Gasteiger charge is -2.42. The highest BCUT2D eigenvalue weighted by Crippen LogP contribution is 2.65. The zero-order chi connectivity index (χ0) is 20.6. The van der Waals surface area contributed by atoms with E-state index in [2.05, 4.69) is 39.1 Å². The largest absolute Gasteiger partial charge is 0.417 e. The molecule has 2 unspecified atom stereocenters. The molecule has 2 saturated carbocycles. The molecular formula is C19H23ClF3N3OS2. The second-order valence-electron chi connectivity index (χ2n) is 7.83. The number of hydrogen-bond donors (Lipinski definition) is 2. The van der Waals surface area contributed by atoms with Gasteiger partial charge >= 0.3 is 6.18 Å². The number of carbonyl (C=O) groups is 1. The van der Waals surface area contributed by atoms with E-state index in [1.54, 1.807) is 0 Å². The van der Waals surface area contributed by atoms with Crippen LogP contribution >= 0.6 is 35.1 Å². The van der Waals surface area contributed by atoms with Crippen LogP contribution in [0.2, 0.25) is 5.02 Å². The Hall–Kier alpha value is -0.800. The number of pyridine rings is 1. The van der Waals surface area contributed by atoms with Crippen LogP contribution in [-0.4, -0.2) is 39.6 Å². The molecule has 3 fully saturated rings. The normalized spacial score (nSPS) is 27.9. The highest BCUT2D eigenvalue weighted by Gasteiger charge is 2.57. The Balaban J connectivity index is 1.24. The Morgan fingerprint density at radius 2 is 1.86 bits per heavy atom. The van der Waals surface area contributed by atoms with Crippen molar-refractivity contribution in [2.45, 2.75) is 35.9 Å². The first kappa shape index (κ1) is 21.4. The molecule has 1 amide bonds. The number of alkyl halides is 3. The van der Waals surface area contributed by atoms with E-state index in [1.807, 2.05) is 0 Å². The summed E-state index contributed by atoms with van der Waals surface area (Å²) in [7, 11) is 0. The summed E-state index contributed by atoms with van der Waals surface area (Å²) in [4.78, 5) is 16.4. The minimum absolute atomic E-state index is 0.0627. The predicted octanol–water partition coefficient (Wildman–Crippen LogP) is 4.89. The van der Waals surface area contributed by atoms with Crippen molar-refractivity contribution in [3.05, 3.63) is 22.8 Å². The third kappa shape index (κ3) is 4.32. The van der Waals surface area contributed by atoms with Crippen molar-refractivity contribution in [1.82, 2.24) is 10.3 Å². The van der Waals surface area contributed by atoms with Gasteiger partial charge in [0, 0.05) is 36.7 Å². The summed E-state index contributed by atoms with van der Waals surface area (Å²) in [5.74, 6) is 4.03. The Morgan fingerprint density at radius 3 is 2.45 bits per heavy atom. The summed E-state index contributed by atoms with van der Waals surface area (Å²) in [6.45, 7) is 0.720. The van der Waals surface area contributed by atoms with Crippen molar-refractivity contribution < 1.29 is 18.0 Å². The van der Waals surface area contributed by atoms with Gasteiger partial charge in [-0.25, -0.2) is 4.98 Å². The second kappa shape index (κ2) is 8.38. The van der Waals surface area contributed by atoms with Crippen LogP contribution in [0.4, 0.5) is 19.0 Å². The summed E-state index contributed by atoms with van der Waals surface area (Å²) >= 11 is 10.1. The number of rotatable bonds is 5. The third-order valence-corrected chi connectivity index (χ3v) is 10.4. The molecule has 3 aliphatic rings. The van der Waals surface area contributed by atoms with E-state index >= 15 is 0 Å². The molecule has 1 spiro atoms. The summed E-state index contributed by atoms with van der Waals surface area (Å²) in [5.41, 5.74) is -0.885. The minimum Gasteiger partial charge on any atom is -0.367 e. The minimum atomic E-state index is -4.48. The van der Waals surface area contributed by atoms with Gasteiger partial charge in [-0.05, 0) is 43.6 Å². The van der Waals surface area contributed by atoms with Gasteiger partial charge in [0.05, 0.1) is 14.7 Å². The number of halogens is 4. The van der Waals surface area contributed by atoms with Crippen molar-refractivity contribution in [2.24, 2.45) is 17.8 Å². The molecule has 10 heteroatoms. The number of nitrogens with one attached hydrogen (secondary N) is 2. The number of anilines is 1. The Labute approximate surface area is 181 Å². The molecule has 2 N–H and O–H groups in total. The smallest absolute Gasteiger partial charge is 0.367 e. The van der Waals surface area contributed by atoms with Gasteiger partial charge in [-0.3, -0.25) is 4.79 Å².